The number of nitrogens with zero attached hydrogens (tertiary/aromatic N) is 2. The molecule has 6 heteroatoms. The Kier molecular flexibility index (Phi) is 5.47. The van der Waals surface area contributed by atoms with Crippen molar-refractivity contribution in [1.29, 1.82) is 0 Å². The van der Waals surface area contributed by atoms with Gasteiger partial charge >= 0.3 is 0 Å². The molecule has 6 nitrogen and oxygen atoms in total. The number of nitrogens with two attached hydrogens (primary N) is 1. The van der Waals surface area contributed by atoms with Gasteiger partial charge in [-0.3, -0.25) is 10.1 Å². The van der Waals surface area contributed by atoms with E-state index in [9.17, 15) is 10.1 Å². The van der Waals surface area contributed by atoms with E-state index in [1.165, 1.54) is 32.2 Å². The Balaban J connectivity index is 1.60. The quantitative estimate of drug-likeness (QED) is 0.365. The van der Waals surface area contributed by atoms with E-state index in [4.69, 9.17) is 10.5 Å². The Hall–Kier alpha value is -1.82. The van der Waals surface area contributed by atoms with Gasteiger partial charge in [-0.1, -0.05) is 26.2 Å². The average Bonchev–Trinajstić information content (AvgIpc) is 2.59. The van der Waals surface area contributed by atoms with Crippen LogP contribution < -0.4 is 10.5 Å². The molecular formula is C19H29N3O3. The van der Waals surface area contributed by atoms with Crippen LogP contribution in [0.15, 0.2) is 12.1 Å². The fourth-order valence-electron chi connectivity index (χ4n) is 4.02. The second kappa shape index (κ2) is 7.60. The molecule has 25 heavy (non-hydrogen) atoms. The van der Waals surface area contributed by atoms with Crippen LogP contribution in [0.5, 0.6) is 5.75 Å². The molecule has 1 fully saturated rings. The number of fused-ring (bicyclic) bond motifs is 1. The first-order chi connectivity index (χ1) is 12.0. The molecule has 0 saturated carbocycles. The Morgan fingerprint density at radius 2 is 2.00 bits per heavy atom. The first-order valence-corrected chi connectivity index (χ1v) is 9.51. The van der Waals surface area contributed by atoms with Crippen LogP contribution in [0.2, 0.25) is 0 Å². The van der Waals surface area contributed by atoms with Crippen LogP contribution in [-0.2, 0) is 6.42 Å². The summed E-state index contributed by atoms with van der Waals surface area (Å²) in [4.78, 5) is 13.2. The number of rotatable bonds is 6. The molecule has 0 amide bonds. The molecule has 0 radical (unpaired) electrons. The second-order valence-electron chi connectivity index (χ2n) is 7.46. The summed E-state index contributed by atoms with van der Waals surface area (Å²) in [7, 11) is 0. The van der Waals surface area contributed by atoms with Crippen LogP contribution in [0.4, 0.5) is 11.4 Å². The summed E-state index contributed by atoms with van der Waals surface area (Å²) in [6.45, 7) is 5.57. The number of nitro benzene ring substituents is 1. The lowest BCUT2D eigenvalue weighted by molar-refractivity contribution is -0.384. The number of hydrogen-bond acceptors (Lipinski definition) is 5. The van der Waals surface area contributed by atoms with Gasteiger partial charge in [-0.2, -0.15) is 0 Å². The maximum atomic E-state index is 11.0. The summed E-state index contributed by atoms with van der Waals surface area (Å²) in [5.74, 6) is 0.741. The molecule has 0 aliphatic carbocycles. The zero-order valence-corrected chi connectivity index (χ0v) is 15.1. The average molecular weight is 347 g/mol. The third kappa shape index (κ3) is 4.06. The molecule has 3 rings (SSSR count). The smallest absolute Gasteiger partial charge is 0.292 e. The van der Waals surface area contributed by atoms with Gasteiger partial charge in [0.05, 0.1) is 4.92 Å². The zero-order valence-electron chi connectivity index (χ0n) is 15.1. The number of likely N-dealkylation sites (tertiary alicyclic amines) is 1. The summed E-state index contributed by atoms with van der Waals surface area (Å²) >= 11 is 0. The fraction of sp³-hybridized carbons (Fsp3) is 0.684. The molecule has 1 saturated heterocycles. The van der Waals surface area contributed by atoms with Gasteiger partial charge in [0.1, 0.15) is 17.0 Å². The number of unbranched alkanes of at least 4 members (excludes halogenated alkanes) is 3. The number of aryl methyl sites for hydroxylation is 1. The lowest BCUT2D eigenvalue weighted by atomic mass is 9.83. The van der Waals surface area contributed by atoms with E-state index in [2.05, 4.69) is 11.8 Å². The highest BCUT2D eigenvalue weighted by atomic mass is 16.6. The minimum atomic E-state index is -0.420. The number of hydrogen-bond donors (Lipinski definition) is 1. The number of benzene rings is 1. The van der Waals surface area contributed by atoms with Crippen molar-refractivity contribution in [2.75, 3.05) is 25.4 Å². The zero-order chi connectivity index (χ0) is 17.9. The predicted molar refractivity (Wildman–Crippen MR) is 99.0 cm³/mol. The first-order valence-electron chi connectivity index (χ1n) is 9.51. The summed E-state index contributed by atoms with van der Waals surface area (Å²) < 4.78 is 6.34. The third-order valence-electron chi connectivity index (χ3n) is 5.68. The van der Waals surface area contributed by atoms with Crippen LogP contribution in [0.1, 0.15) is 57.4 Å². The van der Waals surface area contributed by atoms with Crippen molar-refractivity contribution < 1.29 is 9.66 Å². The summed E-state index contributed by atoms with van der Waals surface area (Å²) in [6.07, 6.45) is 9.01. The minimum Gasteiger partial charge on any atom is -0.487 e. The van der Waals surface area contributed by atoms with Crippen molar-refractivity contribution in [1.82, 2.24) is 4.90 Å². The van der Waals surface area contributed by atoms with Crippen molar-refractivity contribution in [3.05, 3.63) is 27.8 Å². The van der Waals surface area contributed by atoms with E-state index >= 15 is 0 Å². The lowest BCUT2D eigenvalue weighted by Crippen LogP contribution is -2.49. The van der Waals surface area contributed by atoms with Gasteiger partial charge in [-0.15, -0.1) is 0 Å². The highest BCUT2D eigenvalue weighted by Gasteiger charge is 2.40. The standard InChI is InChI=1S/C19H29N3O3/c1-2-3-4-5-10-21-11-8-19(9-12-21)7-6-15-13-17(22(23)24)16(20)14-18(15)25-19/h13-14H,2-12,20H2,1H3. The SMILES string of the molecule is CCCCCCN1CCC2(CCc3cc([N+](=O)[O-])c(N)cc3O2)CC1. The van der Waals surface area contributed by atoms with Gasteiger partial charge in [0, 0.05) is 30.8 Å². The van der Waals surface area contributed by atoms with E-state index in [0.29, 0.717) is 0 Å². The Bertz CT molecular complexity index is 625. The van der Waals surface area contributed by atoms with Crippen LogP contribution in [-0.4, -0.2) is 35.1 Å². The highest BCUT2D eigenvalue weighted by molar-refractivity contribution is 5.64. The van der Waals surface area contributed by atoms with E-state index in [0.717, 1.165) is 50.1 Å². The minimum absolute atomic E-state index is 0.0137. The molecule has 2 aliphatic heterocycles. The Labute approximate surface area is 149 Å². The van der Waals surface area contributed by atoms with Crippen LogP contribution in [0, 0.1) is 10.1 Å². The summed E-state index contributed by atoms with van der Waals surface area (Å²) in [5.41, 5.74) is 6.81. The van der Waals surface area contributed by atoms with Gasteiger partial charge in [-0.25, -0.2) is 0 Å². The number of nitro groups is 1. The molecule has 1 aromatic rings. The third-order valence-corrected chi connectivity index (χ3v) is 5.68. The molecule has 0 unspecified atom stereocenters. The van der Waals surface area contributed by atoms with Crippen molar-refractivity contribution in [2.24, 2.45) is 0 Å². The first kappa shape index (κ1) is 18.0. The molecule has 2 heterocycles. The molecule has 1 aromatic carbocycles. The maximum absolute atomic E-state index is 11.0. The summed E-state index contributed by atoms with van der Waals surface area (Å²) in [6, 6.07) is 3.23. The number of piperidine rings is 1. The van der Waals surface area contributed by atoms with Gasteiger partial charge in [0.25, 0.3) is 5.69 Å². The van der Waals surface area contributed by atoms with E-state index in [-0.39, 0.29) is 17.0 Å². The normalized spacial score (nSPS) is 19.4. The molecular weight excluding hydrogens is 318 g/mol. The van der Waals surface area contributed by atoms with Crippen LogP contribution >= 0.6 is 0 Å². The Morgan fingerprint density at radius 3 is 2.68 bits per heavy atom. The monoisotopic (exact) mass is 347 g/mol. The maximum Gasteiger partial charge on any atom is 0.292 e. The van der Waals surface area contributed by atoms with Crippen LogP contribution in [0.25, 0.3) is 0 Å². The molecule has 138 valence electrons. The molecule has 0 bridgehead atoms. The summed E-state index contributed by atoms with van der Waals surface area (Å²) in [5, 5.41) is 11.0. The molecule has 0 aromatic heterocycles. The van der Waals surface area contributed by atoms with Gasteiger partial charge < -0.3 is 15.4 Å². The van der Waals surface area contributed by atoms with E-state index < -0.39 is 4.92 Å². The van der Waals surface area contributed by atoms with E-state index in [1.807, 2.05) is 0 Å². The van der Waals surface area contributed by atoms with Gasteiger partial charge in [0.2, 0.25) is 0 Å². The van der Waals surface area contributed by atoms with Crippen molar-refractivity contribution in [2.45, 2.75) is 63.9 Å². The molecule has 1 spiro atoms. The van der Waals surface area contributed by atoms with Gasteiger partial charge in [-0.05, 0) is 38.6 Å². The largest absolute Gasteiger partial charge is 0.487 e. The topological polar surface area (TPSA) is 81.6 Å². The van der Waals surface area contributed by atoms with Crippen molar-refractivity contribution >= 4 is 11.4 Å². The number of anilines is 1. The predicted octanol–water partition coefficient (Wildman–Crippen LogP) is 3.92. The number of nitrogen functional groups attached to an aromatic ring is 1. The van der Waals surface area contributed by atoms with Gasteiger partial charge in [0.15, 0.2) is 0 Å². The molecule has 2 N–H and O–H groups in total. The van der Waals surface area contributed by atoms with E-state index in [1.54, 1.807) is 12.1 Å². The Morgan fingerprint density at radius 1 is 1.24 bits per heavy atom. The molecule has 2 aliphatic rings. The van der Waals surface area contributed by atoms with Crippen LogP contribution in [0.3, 0.4) is 0 Å². The number of ether oxygens (including phenoxy) is 1. The second-order valence-corrected chi connectivity index (χ2v) is 7.46. The van der Waals surface area contributed by atoms with Crippen molar-refractivity contribution in [3.63, 3.8) is 0 Å². The molecule has 0 atom stereocenters. The highest BCUT2D eigenvalue weighted by Crippen LogP contribution is 2.42. The fourth-order valence-corrected chi connectivity index (χ4v) is 4.02. The lowest BCUT2D eigenvalue weighted by Gasteiger charge is -2.44. The van der Waals surface area contributed by atoms with Crippen molar-refractivity contribution in [3.8, 4) is 5.75 Å².